The summed E-state index contributed by atoms with van der Waals surface area (Å²) in [5.74, 6) is 0.270. The zero-order chi connectivity index (χ0) is 14.8. The monoisotopic (exact) mass is 276 g/mol. The molecule has 1 heterocycles. The number of hydrogen-bond acceptors (Lipinski definition) is 3. The van der Waals surface area contributed by atoms with Crippen molar-refractivity contribution < 1.29 is 5.11 Å². The van der Waals surface area contributed by atoms with E-state index in [1.54, 1.807) is 18.3 Å². The summed E-state index contributed by atoms with van der Waals surface area (Å²) in [7, 11) is 0. The number of aromatic nitrogens is 1. The van der Waals surface area contributed by atoms with Crippen LogP contribution in [0.1, 0.15) is 11.1 Å². The molecule has 0 saturated heterocycles. The molecule has 21 heavy (non-hydrogen) atoms. The molecule has 0 unspecified atom stereocenters. The fourth-order valence-corrected chi connectivity index (χ4v) is 2.41. The zero-order valence-electron chi connectivity index (χ0n) is 11.8. The Morgan fingerprint density at radius 1 is 1.14 bits per heavy atom. The van der Waals surface area contributed by atoms with Crippen molar-refractivity contribution in [2.45, 2.75) is 6.92 Å². The molecular formula is C18H16N2O. The van der Waals surface area contributed by atoms with Gasteiger partial charge in [-0.05, 0) is 36.8 Å². The lowest BCUT2D eigenvalue weighted by Crippen LogP contribution is -1.95. The molecule has 3 heteroatoms. The topological polar surface area (TPSA) is 45.1 Å². The van der Waals surface area contributed by atoms with E-state index in [0.29, 0.717) is 0 Å². The predicted molar refractivity (Wildman–Crippen MR) is 88.0 cm³/mol. The van der Waals surface area contributed by atoms with Gasteiger partial charge in [-0.25, -0.2) is 0 Å². The second-order valence-corrected chi connectivity index (χ2v) is 4.93. The molecule has 2 N–H and O–H groups in total. The number of nitrogens with one attached hydrogen (secondary N) is 1. The van der Waals surface area contributed by atoms with E-state index in [-0.39, 0.29) is 5.75 Å². The highest BCUT2D eigenvalue weighted by Crippen LogP contribution is 2.29. The molecule has 0 spiro atoms. The Kier molecular flexibility index (Phi) is 3.32. The fraction of sp³-hybridized carbons (Fsp3) is 0.0556. The molecule has 0 amide bonds. The normalized spacial score (nSPS) is 10.5. The first kappa shape index (κ1) is 13.2. The van der Waals surface area contributed by atoms with E-state index in [1.165, 1.54) is 0 Å². The molecule has 0 aliphatic carbocycles. The Hall–Kier alpha value is -2.81. The number of aryl methyl sites for hydroxylation is 1. The van der Waals surface area contributed by atoms with E-state index in [4.69, 9.17) is 0 Å². The Balaban J connectivity index is 2.11. The number of phenols is 1. The number of aromatic hydroxyl groups is 1. The summed E-state index contributed by atoms with van der Waals surface area (Å²) in [6, 6.07) is 13.3. The molecule has 0 atom stereocenters. The molecule has 2 aromatic carbocycles. The largest absolute Gasteiger partial charge is 0.508 e. The van der Waals surface area contributed by atoms with Crippen LogP contribution in [0.4, 0.5) is 11.4 Å². The van der Waals surface area contributed by atoms with Crippen LogP contribution in [-0.2, 0) is 0 Å². The van der Waals surface area contributed by atoms with Gasteiger partial charge >= 0.3 is 0 Å². The molecule has 0 bridgehead atoms. The number of nitrogens with zero attached hydrogens (tertiary/aromatic N) is 1. The van der Waals surface area contributed by atoms with Crippen molar-refractivity contribution in [3.05, 3.63) is 66.4 Å². The van der Waals surface area contributed by atoms with Crippen LogP contribution in [0, 0.1) is 6.92 Å². The van der Waals surface area contributed by atoms with E-state index in [2.05, 4.69) is 16.9 Å². The second kappa shape index (κ2) is 5.29. The number of pyridine rings is 1. The van der Waals surface area contributed by atoms with Crippen LogP contribution >= 0.6 is 0 Å². The number of phenolic OH excluding ortho intramolecular Hbond substituents is 1. The van der Waals surface area contributed by atoms with Gasteiger partial charge in [0.2, 0.25) is 0 Å². The smallest absolute Gasteiger partial charge is 0.115 e. The zero-order valence-corrected chi connectivity index (χ0v) is 11.8. The number of benzene rings is 2. The van der Waals surface area contributed by atoms with Gasteiger partial charge in [0.05, 0.1) is 5.52 Å². The van der Waals surface area contributed by atoms with Gasteiger partial charge in [-0.1, -0.05) is 30.9 Å². The maximum absolute atomic E-state index is 9.49. The van der Waals surface area contributed by atoms with Crippen LogP contribution in [0.3, 0.4) is 0 Å². The highest BCUT2D eigenvalue weighted by Gasteiger charge is 2.06. The van der Waals surface area contributed by atoms with Crippen LogP contribution < -0.4 is 5.32 Å². The Morgan fingerprint density at radius 2 is 2.00 bits per heavy atom. The highest BCUT2D eigenvalue weighted by molar-refractivity contribution is 5.97. The molecule has 3 aromatic rings. The van der Waals surface area contributed by atoms with E-state index in [1.807, 2.05) is 43.3 Å². The van der Waals surface area contributed by atoms with Crippen LogP contribution in [0.25, 0.3) is 17.0 Å². The van der Waals surface area contributed by atoms with Crippen molar-refractivity contribution in [1.29, 1.82) is 0 Å². The van der Waals surface area contributed by atoms with E-state index < -0.39 is 0 Å². The lowest BCUT2D eigenvalue weighted by Gasteiger charge is -2.12. The summed E-state index contributed by atoms with van der Waals surface area (Å²) < 4.78 is 0. The van der Waals surface area contributed by atoms with E-state index in [0.717, 1.165) is 33.4 Å². The van der Waals surface area contributed by atoms with Gasteiger partial charge < -0.3 is 10.4 Å². The van der Waals surface area contributed by atoms with Gasteiger partial charge in [-0.3, -0.25) is 4.98 Å². The van der Waals surface area contributed by atoms with Crippen molar-refractivity contribution in [2.24, 2.45) is 0 Å². The van der Waals surface area contributed by atoms with E-state index in [9.17, 15) is 5.11 Å². The molecule has 0 aliphatic rings. The minimum Gasteiger partial charge on any atom is -0.508 e. The van der Waals surface area contributed by atoms with Crippen molar-refractivity contribution in [3.63, 3.8) is 0 Å². The van der Waals surface area contributed by atoms with Gasteiger partial charge in [-0.15, -0.1) is 0 Å². The van der Waals surface area contributed by atoms with Gasteiger partial charge in [0, 0.05) is 28.5 Å². The van der Waals surface area contributed by atoms with Crippen LogP contribution in [-0.4, -0.2) is 10.1 Å². The maximum atomic E-state index is 9.49. The van der Waals surface area contributed by atoms with Gasteiger partial charge in [0.1, 0.15) is 5.75 Å². The average molecular weight is 276 g/mol. The Labute approximate surface area is 123 Å². The van der Waals surface area contributed by atoms with Gasteiger partial charge in [-0.2, -0.15) is 0 Å². The number of fused-ring (bicyclic) bond motifs is 1. The first-order chi connectivity index (χ1) is 10.2. The summed E-state index contributed by atoms with van der Waals surface area (Å²) >= 11 is 0. The molecule has 3 rings (SSSR count). The third-order valence-corrected chi connectivity index (χ3v) is 3.50. The highest BCUT2D eigenvalue weighted by atomic mass is 16.3. The molecule has 0 radical (unpaired) electrons. The van der Waals surface area contributed by atoms with Crippen LogP contribution in [0.15, 0.2) is 55.2 Å². The Morgan fingerprint density at radius 3 is 2.76 bits per heavy atom. The summed E-state index contributed by atoms with van der Waals surface area (Å²) in [6.45, 7) is 5.79. The number of rotatable bonds is 3. The quantitative estimate of drug-likeness (QED) is 0.685. The second-order valence-electron chi connectivity index (χ2n) is 4.93. The third-order valence-electron chi connectivity index (χ3n) is 3.50. The minimum absolute atomic E-state index is 0.270. The maximum Gasteiger partial charge on any atom is 0.115 e. The molecule has 0 aliphatic heterocycles. The Bertz CT molecular complexity index is 825. The molecule has 3 nitrogen and oxygen atoms in total. The summed E-state index contributed by atoms with van der Waals surface area (Å²) in [6.07, 6.45) is 3.60. The minimum atomic E-state index is 0.270. The standard InChI is InChI=1S/C18H16N2O/c1-3-13-5-4-6-15-17(9-10-19-18(13)15)20-16-8-7-14(21)11-12(16)2/h3-11,21H,1H2,2H3,(H,19,20). The average Bonchev–Trinajstić information content (AvgIpc) is 2.49. The molecule has 1 aromatic heterocycles. The predicted octanol–water partition coefficient (Wildman–Crippen LogP) is 4.64. The summed E-state index contributed by atoms with van der Waals surface area (Å²) in [5.41, 5.74) is 4.87. The molecule has 0 fully saturated rings. The number of anilines is 2. The van der Waals surface area contributed by atoms with Gasteiger partial charge in [0.15, 0.2) is 0 Å². The van der Waals surface area contributed by atoms with Gasteiger partial charge in [0.25, 0.3) is 0 Å². The summed E-state index contributed by atoms with van der Waals surface area (Å²) in [4.78, 5) is 4.44. The lowest BCUT2D eigenvalue weighted by molar-refractivity contribution is 0.475. The number of para-hydroxylation sites is 1. The van der Waals surface area contributed by atoms with Crippen molar-refractivity contribution in [3.8, 4) is 5.75 Å². The lowest BCUT2D eigenvalue weighted by atomic mass is 10.1. The van der Waals surface area contributed by atoms with Crippen molar-refractivity contribution in [2.75, 3.05) is 5.32 Å². The van der Waals surface area contributed by atoms with E-state index >= 15 is 0 Å². The molecular weight excluding hydrogens is 260 g/mol. The number of hydrogen-bond donors (Lipinski definition) is 2. The first-order valence-electron chi connectivity index (χ1n) is 6.76. The van der Waals surface area contributed by atoms with Crippen molar-refractivity contribution in [1.82, 2.24) is 4.98 Å². The van der Waals surface area contributed by atoms with Crippen LogP contribution in [0.5, 0.6) is 5.75 Å². The van der Waals surface area contributed by atoms with Crippen LogP contribution in [0.2, 0.25) is 0 Å². The molecule has 0 saturated carbocycles. The molecule has 104 valence electrons. The summed E-state index contributed by atoms with van der Waals surface area (Å²) in [5, 5.41) is 13.9. The SMILES string of the molecule is C=Cc1cccc2c(Nc3ccc(O)cc3C)ccnc12. The fourth-order valence-electron chi connectivity index (χ4n) is 2.41. The van der Waals surface area contributed by atoms with Crippen molar-refractivity contribution >= 4 is 28.4 Å². The first-order valence-corrected chi connectivity index (χ1v) is 6.76. The third kappa shape index (κ3) is 2.46.